The van der Waals surface area contributed by atoms with Crippen LogP contribution in [0.15, 0.2) is 42.7 Å². The molecule has 1 aliphatic heterocycles. The molecule has 2 heterocycles. The Kier molecular flexibility index (Phi) is 5.43. The Labute approximate surface area is 137 Å². The molecular formula is C18H26N4O. The third kappa shape index (κ3) is 4.41. The van der Waals surface area contributed by atoms with Crippen molar-refractivity contribution in [3.05, 3.63) is 53.9 Å². The normalized spacial score (nSPS) is 21.8. The zero-order chi connectivity index (χ0) is 16.1. The van der Waals surface area contributed by atoms with Crippen LogP contribution in [0.5, 0.6) is 0 Å². The first kappa shape index (κ1) is 16.2. The minimum Gasteiger partial charge on any atom is -0.392 e. The summed E-state index contributed by atoms with van der Waals surface area (Å²) in [6.07, 6.45) is 4.63. The molecule has 2 atom stereocenters. The quantitative estimate of drug-likeness (QED) is 0.815. The first-order chi connectivity index (χ1) is 11.2. The summed E-state index contributed by atoms with van der Waals surface area (Å²) in [5.74, 6) is 0. The zero-order valence-electron chi connectivity index (χ0n) is 13.7. The Balaban J connectivity index is 1.51. The second kappa shape index (κ2) is 7.73. The van der Waals surface area contributed by atoms with E-state index in [0.717, 1.165) is 39.1 Å². The highest BCUT2D eigenvalue weighted by atomic mass is 16.3. The molecule has 0 spiro atoms. The number of hydrogen-bond donors (Lipinski definition) is 2. The van der Waals surface area contributed by atoms with E-state index in [9.17, 15) is 5.11 Å². The monoisotopic (exact) mass is 314 g/mol. The van der Waals surface area contributed by atoms with Gasteiger partial charge in [-0.05, 0) is 18.9 Å². The molecule has 5 nitrogen and oxygen atoms in total. The molecule has 0 aliphatic carbocycles. The van der Waals surface area contributed by atoms with E-state index in [1.807, 2.05) is 16.9 Å². The predicted molar refractivity (Wildman–Crippen MR) is 90.9 cm³/mol. The number of β-amino-alcohol motifs (C(OH)–C–C–N with tert-alkyl or cyclic N) is 1. The number of hydrogen-bond acceptors (Lipinski definition) is 4. The SMILES string of the molecule is CCn1cc(CNCC2CC(O)CN2Cc2ccccc2)cn1. The Morgan fingerprint density at radius 1 is 1.26 bits per heavy atom. The third-order valence-corrected chi connectivity index (χ3v) is 4.45. The molecule has 1 saturated heterocycles. The van der Waals surface area contributed by atoms with Crippen LogP contribution < -0.4 is 5.32 Å². The minimum atomic E-state index is -0.214. The van der Waals surface area contributed by atoms with Gasteiger partial charge in [-0.15, -0.1) is 0 Å². The maximum absolute atomic E-state index is 10.0. The number of aliphatic hydroxyl groups excluding tert-OH is 1. The molecule has 0 saturated carbocycles. The molecule has 124 valence electrons. The molecular weight excluding hydrogens is 288 g/mol. The molecule has 2 aromatic rings. The van der Waals surface area contributed by atoms with E-state index in [0.29, 0.717) is 6.04 Å². The highest BCUT2D eigenvalue weighted by molar-refractivity contribution is 5.15. The summed E-state index contributed by atoms with van der Waals surface area (Å²) in [5, 5.41) is 17.8. The first-order valence-corrected chi connectivity index (χ1v) is 8.42. The first-order valence-electron chi connectivity index (χ1n) is 8.42. The highest BCUT2D eigenvalue weighted by Gasteiger charge is 2.30. The second-order valence-corrected chi connectivity index (χ2v) is 6.29. The lowest BCUT2D eigenvalue weighted by Crippen LogP contribution is -2.37. The molecule has 1 aromatic carbocycles. The molecule has 1 aliphatic rings. The fourth-order valence-electron chi connectivity index (χ4n) is 3.24. The zero-order valence-corrected chi connectivity index (χ0v) is 13.7. The number of nitrogens with one attached hydrogen (secondary N) is 1. The Hall–Kier alpha value is -1.69. The maximum Gasteiger partial charge on any atom is 0.0682 e. The number of aliphatic hydroxyl groups is 1. The molecule has 3 rings (SSSR count). The largest absolute Gasteiger partial charge is 0.392 e. The van der Waals surface area contributed by atoms with Crippen molar-refractivity contribution in [3.8, 4) is 0 Å². The van der Waals surface area contributed by atoms with Crippen LogP contribution in [0.2, 0.25) is 0 Å². The van der Waals surface area contributed by atoms with Crippen LogP contribution in [-0.4, -0.2) is 45.0 Å². The molecule has 2 N–H and O–H groups in total. The van der Waals surface area contributed by atoms with Crippen molar-refractivity contribution in [3.63, 3.8) is 0 Å². The van der Waals surface area contributed by atoms with Gasteiger partial charge in [0.25, 0.3) is 0 Å². The average Bonchev–Trinajstić information content (AvgIpc) is 3.15. The summed E-state index contributed by atoms with van der Waals surface area (Å²) in [6.45, 7) is 6.37. The van der Waals surface area contributed by atoms with Crippen molar-refractivity contribution >= 4 is 0 Å². The summed E-state index contributed by atoms with van der Waals surface area (Å²) in [6, 6.07) is 10.9. The predicted octanol–water partition coefficient (Wildman–Crippen LogP) is 1.63. The number of nitrogens with zero attached hydrogens (tertiary/aromatic N) is 3. The lowest BCUT2D eigenvalue weighted by molar-refractivity contribution is 0.172. The van der Waals surface area contributed by atoms with Gasteiger partial charge in [0.05, 0.1) is 12.3 Å². The fraction of sp³-hybridized carbons (Fsp3) is 0.500. The Morgan fingerprint density at radius 2 is 2.09 bits per heavy atom. The Bertz CT molecular complexity index is 598. The van der Waals surface area contributed by atoms with Gasteiger partial charge in [-0.1, -0.05) is 30.3 Å². The minimum absolute atomic E-state index is 0.214. The summed E-state index contributed by atoms with van der Waals surface area (Å²) < 4.78 is 1.94. The van der Waals surface area contributed by atoms with Crippen molar-refractivity contribution < 1.29 is 5.11 Å². The van der Waals surface area contributed by atoms with Gasteiger partial charge in [-0.25, -0.2) is 0 Å². The van der Waals surface area contributed by atoms with E-state index < -0.39 is 0 Å². The summed E-state index contributed by atoms with van der Waals surface area (Å²) >= 11 is 0. The fourth-order valence-corrected chi connectivity index (χ4v) is 3.24. The van der Waals surface area contributed by atoms with Crippen molar-refractivity contribution in [2.75, 3.05) is 13.1 Å². The summed E-state index contributed by atoms with van der Waals surface area (Å²) in [5.41, 5.74) is 2.51. The molecule has 5 heteroatoms. The van der Waals surface area contributed by atoms with E-state index in [4.69, 9.17) is 0 Å². The third-order valence-electron chi connectivity index (χ3n) is 4.45. The number of rotatable bonds is 7. The molecule has 23 heavy (non-hydrogen) atoms. The molecule has 0 radical (unpaired) electrons. The van der Waals surface area contributed by atoms with E-state index in [1.54, 1.807) is 0 Å². The lowest BCUT2D eigenvalue weighted by atomic mass is 10.1. The topological polar surface area (TPSA) is 53.3 Å². The van der Waals surface area contributed by atoms with Gasteiger partial charge in [-0.3, -0.25) is 9.58 Å². The van der Waals surface area contributed by atoms with E-state index >= 15 is 0 Å². The lowest BCUT2D eigenvalue weighted by Gasteiger charge is -2.24. The van der Waals surface area contributed by atoms with Gasteiger partial charge in [0.1, 0.15) is 0 Å². The van der Waals surface area contributed by atoms with Crippen molar-refractivity contribution in [1.82, 2.24) is 20.0 Å². The van der Waals surface area contributed by atoms with E-state index in [1.165, 1.54) is 11.1 Å². The number of likely N-dealkylation sites (tertiary alicyclic amines) is 1. The van der Waals surface area contributed by atoms with Crippen LogP contribution in [0.1, 0.15) is 24.5 Å². The van der Waals surface area contributed by atoms with Gasteiger partial charge < -0.3 is 10.4 Å². The van der Waals surface area contributed by atoms with Crippen LogP contribution in [0.25, 0.3) is 0 Å². The van der Waals surface area contributed by atoms with Crippen LogP contribution in [-0.2, 0) is 19.6 Å². The summed E-state index contributed by atoms with van der Waals surface area (Å²) in [7, 11) is 0. The van der Waals surface area contributed by atoms with Crippen molar-refractivity contribution in [2.24, 2.45) is 0 Å². The van der Waals surface area contributed by atoms with Crippen LogP contribution in [0.4, 0.5) is 0 Å². The number of aryl methyl sites for hydroxylation is 1. The standard InChI is InChI=1S/C18H26N4O/c1-2-22-13-16(10-20-22)9-19-11-17-8-18(23)14-21(17)12-15-6-4-3-5-7-15/h3-7,10,13,17-19,23H,2,8-9,11-12,14H2,1H3. The van der Waals surface area contributed by atoms with Gasteiger partial charge in [0.15, 0.2) is 0 Å². The van der Waals surface area contributed by atoms with Gasteiger partial charge in [0.2, 0.25) is 0 Å². The smallest absolute Gasteiger partial charge is 0.0682 e. The Morgan fingerprint density at radius 3 is 2.83 bits per heavy atom. The van der Waals surface area contributed by atoms with Crippen LogP contribution >= 0.6 is 0 Å². The van der Waals surface area contributed by atoms with Crippen LogP contribution in [0, 0.1) is 0 Å². The average molecular weight is 314 g/mol. The molecule has 0 bridgehead atoms. The molecule has 1 fully saturated rings. The molecule has 1 aromatic heterocycles. The van der Waals surface area contributed by atoms with Gasteiger partial charge >= 0.3 is 0 Å². The number of benzene rings is 1. The van der Waals surface area contributed by atoms with E-state index in [2.05, 4.69) is 52.7 Å². The summed E-state index contributed by atoms with van der Waals surface area (Å²) in [4.78, 5) is 2.38. The highest BCUT2D eigenvalue weighted by Crippen LogP contribution is 2.20. The van der Waals surface area contributed by atoms with Gasteiger partial charge in [0, 0.05) is 50.5 Å². The molecule has 0 amide bonds. The number of aromatic nitrogens is 2. The maximum atomic E-state index is 10.0. The second-order valence-electron chi connectivity index (χ2n) is 6.29. The van der Waals surface area contributed by atoms with Gasteiger partial charge in [-0.2, -0.15) is 5.10 Å². The van der Waals surface area contributed by atoms with E-state index in [-0.39, 0.29) is 6.10 Å². The molecule has 2 unspecified atom stereocenters. The van der Waals surface area contributed by atoms with Crippen molar-refractivity contribution in [1.29, 1.82) is 0 Å². The van der Waals surface area contributed by atoms with Crippen LogP contribution in [0.3, 0.4) is 0 Å². The van der Waals surface area contributed by atoms with Crippen molar-refractivity contribution in [2.45, 2.75) is 45.1 Å².